The Labute approximate surface area is 347 Å². The van der Waals surface area contributed by atoms with Crippen molar-refractivity contribution in [3.8, 4) is 0 Å². The average Bonchev–Trinajstić information content (AvgIpc) is 3.56. The van der Waals surface area contributed by atoms with E-state index in [2.05, 4.69) is 0 Å². The van der Waals surface area contributed by atoms with Gasteiger partial charge in [-0.2, -0.15) is 0 Å². The van der Waals surface area contributed by atoms with Crippen LogP contribution < -0.4 is 0 Å². The number of benzene rings is 5. The zero-order valence-corrected chi connectivity index (χ0v) is 34.9. The van der Waals surface area contributed by atoms with Gasteiger partial charge in [0.1, 0.15) is 36.6 Å². The molecule has 60 heavy (non-hydrogen) atoms. The number of fused-ring (bicyclic) bond motifs is 4. The quantitative estimate of drug-likeness (QED) is 0.103. The van der Waals surface area contributed by atoms with Crippen LogP contribution in [0.2, 0.25) is 0 Å². The van der Waals surface area contributed by atoms with E-state index in [9.17, 15) is 13.7 Å². The third kappa shape index (κ3) is 9.69. The Bertz CT molecular complexity index is 2310. The van der Waals surface area contributed by atoms with Crippen molar-refractivity contribution in [2.45, 2.75) is 82.9 Å². The molecule has 0 radical (unpaired) electrons. The molecule has 0 unspecified atom stereocenters. The highest BCUT2D eigenvalue weighted by Crippen LogP contribution is 2.65. The van der Waals surface area contributed by atoms with Crippen LogP contribution in [0.5, 0.6) is 0 Å². The van der Waals surface area contributed by atoms with Gasteiger partial charge in [0.25, 0.3) is 0 Å². The Morgan fingerprint density at radius 2 is 0.750 bits per heavy atom. The Morgan fingerprint density at radius 3 is 1.18 bits per heavy atom. The van der Waals surface area contributed by atoms with Crippen LogP contribution in [0.1, 0.15) is 38.9 Å². The van der Waals surface area contributed by atoms with Gasteiger partial charge in [0, 0.05) is 0 Å². The first kappa shape index (κ1) is 41.7. The van der Waals surface area contributed by atoms with Crippen LogP contribution in [0.4, 0.5) is 0 Å². The number of ether oxygens (including phenoxy) is 2. The van der Waals surface area contributed by atoms with Crippen molar-refractivity contribution in [3.63, 3.8) is 0 Å². The van der Waals surface area contributed by atoms with E-state index >= 15 is 0 Å². The van der Waals surface area contributed by atoms with E-state index in [-0.39, 0.29) is 46.2 Å². The average molecular weight is 877 g/mol. The molecule has 9 rings (SSSR count). The maximum atomic E-state index is 14.8. The Morgan fingerprint density at radius 1 is 0.400 bits per heavy atom. The second-order valence-corrected chi connectivity index (χ2v) is 19.4. The van der Waals surface area contributed by atoms with E-state index in [1.54, 1.807) is 12.1 Å². The van der Waals surface area contributed by atoms with Crippen molar-refractivity contribution in [2.75, 3.05) is 0 Å². The highest BCUT2D eigenvalue weighted by atomic mass is 31.2. The molecule has 2 bridgehead atoms. The van der Waals surface area contributed by atoms with Gasteiger partial charge in [-0.1, -0.05) is 140 Å². The van der Waals surface area contributed by atoms with Gasteiger partial charge in [0.15, 0.2) is 0 Å². The van der Waals surface area contributed by atoms with Gasteiger partial charge >= 0.3 is 23.5 Å². The second-order valence-electron chi connectivity index (χ2n) is 14.5. The van der Waals surface area contributed by atoms with Gasteiger partial charge in [-0.3, -0.25) is 40.7 Å². The number of phosphoric acid groups is 3. The fraction of sp³-hybridized carbons (Fsp3) is 0.302. The molecule has 314 valence electrons. The van der Waals surface area contributed by atoms with E-state index in [0.29, 0.717) is 5.56 Å². The number of rotatable bonds is 13. The van der Waals surface area contributed by atoms with Crippen LogP contribution in [-0.4, -0.2) is 36.6 Å². The van der Waals surface area contributed by atoms with Crippen LogP contribution in [-0.2, 0) is 110 Å². The molecule has 0 aromatic heterocycles. The van der Waals surface area contributed by atoms with E-state index in [1.807, 2.05) is 127 Å². The third-order valence-electron chi connectivity index (χ3n) is 10.5. The SMILES string of the molecule is O=P1(O[C@@H]2[C@H](OCc3ccccc3)[C@H](OCc3ccccc3)[C@H]3O[P@](=O)(OCc4ccccc4)O[C@@H]2[C@@H]3OP2(=O)OCc3ccccc3CO2)OCc2ccccc2CO1. The molecular weight excluding hydrogens is 833 g/mol. The van der Waals surface area contributed by atoms with Crippen LogP contribution in [0.3, 0.4) is 0 Å². The van der Waals surface area contributed by atoms with Gasteiger partial charge < -0.3 is 9.47 Å². The molecule has 0 N–H and O–H groups in total. The topological polar surface area (TPSA) is 153 Å². The van der Waals surface area contributed by atoms with Crippen LogP contribution in [0.25, 0.3) is 0 Å². The van der Waals surface area contributed by atoms with Crippen LogP contribution in [0, 0.1) is 0 Å². The highest BCUT2D eigenvalue weighted by Gasteiger charge is 2.65. The minimum absolute atomic E-state index is 0.0106. The molecular formula is C43H43O14P3. The molecule has 1 saturated carbocycles. The number of hydrogen-bond donors (Lipinski definition) is 0. The van der Waals surface area contributed by atoms with E-state index in [1.165, 1.54) is 0 Å². The standard InChI is InChI=1S/C43H43O14P3/c44-58(50-27-34-20-10-11-21-35(34)28-51-58)54-40-38(47-24-31-14-4-1-5-15-31)39(48-25-32-16-6-2-7-17-32)41-42(55-59(45)52-29-36-22-12-13-23-37(36)30-53-59)43(40)57-60(46,56-41)49-26-33-18-8-3-9-19-33/h1-23,38-43H,24-30H2/t38-,39+,40-,41-,42-,43+,60+/m1/s1. The van der Waals surface area contributed by atoms with Crippen molar-refractivity contribution < 1.29 is 63.9 Å². The molecule has 0 spiro atoms. The summed E-state index contributed by atoms with van der Waals surface area (Å²) < 4.78 is 113. The number of hydrogen-bond acceptors (Lipinski definition) is 14. The van der Waals surface area contributed by atoms with E-state index < -0.39 is 60.1 Å². The first-order valence-electron chi connectivity index (χ1n) is 19.5. The maximum Gasteiger partial charge on any atom is 0.476 e. The summed E-state index contributed by atoms with van der Waals surface area (Å²) in [6, 6.07) is 42.5. The summed E-state index contributed by atoms with van der Waals surface area (Å²) in [5.74, 6) is 0. The van der Waals surface area contributed by atoms with Crippen LogP contribution >= 0.6 is 23.5 Å². The predicted octanol–water partition coefficient (Wildman–Crippen LogP) is 9.76. The Hall–Kier alpha value is -3.65. The van der Waals surface area contributed by atoms with Crippen molar-refractivity contribution >= 4 is 23.5 Å². The Kier molecular flexibility index (Phi) is 12.8. The normalized spacial score (nSPS) is 28.1. The maximum absolute atomic E-state index is 14.8. The molecule has 17 heteroatoms. The van der Waals surface area contributed by atoms with Crippen molar-refractivity contribution in [2.24, 2.45) is 0 Å². The monoisotopic (exact) mass is 876 g/mol. The van der Waals surface area contributed by atoms with Gasteiger partial charge in [0.05, 0.1) is 46.2 Å². The molecule has 14 nitrogen and oxygen atoms in total. The zero-order chi connectivity index (χ0) is 41.0. The van der Waals surface area contributed by atoms with Gasteiger partial charge in [-0.25, -0.2) is 13.7 Å². The number of phosphoric ester groups is 3. The lowest BCUT2D eigenvalue weighted by atomic mass is 9.84. The molecule has 2 fully saturated rings. The molecule has 0 amide bonds. The molecule has 1 aliphatic carbocycles. The predicted molar refractivity (Wildman–Crippen MR) is 216 cm³/mol. The fourth-order valence-electron chi connectivity index (χ4n) is 7.39. The van der Waals surface area contributed by atoms with Crippen molar-refractivity contribution in [1.82, 2.24) is 0 Å². The molecule has 5 aromatic carbocycles. The summed E-state index contributed by atoms with van der Waals surface area (Å²) in [4.78, 5) is 0. The van der Waals surface area contributed by atoms with Gasteiger partial charge in [0.2, 0.25) is 0 Å². The molecule has 3 heterocycles. The minimum Gasteiger partial charge on any atom is -0.368 e. The summed E-state index contributed by atoms with van der Waals surface area (Å²) in [7, 11) is -13.5. The molecule has 7 atom stereocenters. The smallest absolute Gasteiger partial charge is 0.368 e. The molecule has 4 aliphatic rings. The minimum atomic E-state index is -4.57. The summed E-state index contributed by atoms with van der Waals surface area (Å²) >= 11 is 0. The van der Waals surface area contributed by atoms with Crippen molar-refractivity contribution in [1.29, 1.82) is 0 Å². The lowest BCUT2D eigenvalue weighted by Crippen LogP contribution is -2.68. The molecule has 5 aromatic rings. The van der Waals surface area contributed by atoms with Crippen molar-refractivity contribution in [3.05, 3.63) is 178 Å². The molecule has 1 saturated heterocycles. The Balaban J connectivity index is 1.12. The van der Waals surface area contributed by atoms with E-state index in [0.717, 1.165) is 33.4 Å². The van der Waals surface area contributed by atoms with E-state index in [4.69, 9.17) is 50.2 Å². The summed E-state index contributed by atoms with van der Waals surface area (Å²) in [5.41, 5.74) is 5.30. The van der Waals surface area contributed by atoms with Crippen LogP contribution in [0.15, 0.2) is 140 Å². The first-order chi connectivity index (χ1) is 29.2. The largest absolute Gasteiger partial charge is 0.476 e. The lowest BCUT2D eigenvalue weighted by molar-refractivity contribution is -0.260. The highest BCUT2D eigenvalue weighted by molar-refractivity contribution is 7.49. The second kappa shape index (κ2) is 18.4. The summed E-state index contributed by atoms with van der Waals surface area (Å²) in [6.45, 7) is -0.507. The lowest BCUT2D eigenvalue weighted by Gasteiger charge is -2.52. The molecule has 3 aliphatic heterocycles. The van der Waals surface area contributed by atoms with Gasteiger partial charge in [-0.05, 0) is 38.9 Å². The summed E-state index contributed by atoms with van der Waals surface area (Å²) in [5, 5.41) is 0. The summed E-state index contributed by atoms with van der Waals surface area (Å²) in [6.07, 6.45) is -8.29. The third-order valence-corrected chi connectivity index (χ3v) is 14.7. The zero-order valence-electron chi connectivity index (χ0n) is 32.3. The fourth-order valence-corrected chi connectivity index (χ4v) is 11.6. The first-order valence-corrected chi connectivity index (χ1v) is 23.9. The van der Waals surface area contributed by atoms with Gasteiger partial charge in [-0.15, -0.1) is 0 Å².